The Morgan fingerprint density at radius 1 is 1.16 bits per heavy atom. The van der Waals surface area contributed by atoms with Gasteiger partial charge in [-0.1, -0.05) is 18.2 Å². The third-order valence-electron chi connectivity index (χ3n) is 5.89. The number of hydrogen-bond acceptors (Lipinski definition) is 6. The van der Waals surface area contributed by atoms with Gasteiger partial charge in [0, 0.05) is 30.6 Å². The Hall–Kier alpha value is -3.32. The van der Waals surface area contributed by atoms with Crippen molar-refractivity contribution in [3.63, 3.8) is 0 Å². The number of para-hydroxylation sites is 2. The number of carbonyl (C=O) groups is 1. The van der Waals surface area contributed by atoms with Crippen LogP contribution >= 0.6 is 11.3 Å². The number of methoxy groups -OCH3 is 1. The molecule has 0 radical (unpaired) electrons. The van der Waals surface area contributed by atoms with Crippen molar-refractivity contribution in [1.82, 2.24) is 9.80 Å². The van der Waals surface area contributed by atoms with Gasteiger partial charge in [-0.15, -0.1) is 11.3 Å². The molecule has 0 aliphatic carbocycles. The number of ether oxygens (including phenoxy) is 2. The van der Waals surface area contributed by atoms with Crippen molar-refractivity contribution in [2.75, 3.05) is 26.7 Å². The second-order valence-corrected chi connectivity index (χ2v) is 9.04. The first-order chi connectivity index (χ1) is 15.6. The van der Waals surface area contributed by atoms with Crippen molar-refractivity contribution in [3.05, 3.63) is 70.4 Å². The highest BCUT2D eigenvalue weighted by molar-refractivity contribution is 7.10. The van der Waals surface area contributed by atoms with E-state index in [-0.39, 0.29) is 11.9 Å². The summed E-state index contributed by atoms with van der Waals surface area (Å²) < 4.78 is 11.7. The highest BCUT2D eigenvalue weighted by Gasteiger charge is 2.31. The van der Waals surface area contributed by atoms with Gasteiger partial charge in [0.05, 0.1) is 19.1 Å². The first kappa shape index (κ1) is 20.6. The second kappa shape index (κ2) is 8.67. The molecule has 2 aliphatic rings. The zero-order valence-electron chi connectivity index (χ0n) is 18.2. The molecule has 1 amide bonds. The van der Waals surface area contributed by atoms with Crippen molar-refractivity contribution in [3.8, 4) is 17.2 Å². The van der Waals surface area contributed by atoms with Gasteiger partial charge in [0.1, 0.15) is 23.0 Å². The maximum absolute atomic E-state index is 12.9. The molecule has 164 valence electrons. The number of fused-ring (bicyclic) bond motifs is 2. The van der Waals surface area contributed by atoms with Crippen LogP contribution in [0.25, 0.3) is 0 Å². The minimum Gasteiger partial charge on any atom is -0.497 e. The standard InChI is InChI=1S/C25H25N3O3S/c1-17-16-27(11-12-28(17)24(29)15-19-6-5-13-32-19)25-20-14-18(30-2)9-10-22(20)31-23-8-4-3-7-21(23)26-25/h3-10,13-14,17H,11-12,15-16H2,1-2H3. The zero-order chi connectivity index (χ0) is 22.1. The van der Waals surface area contributed by atoms with Gasteiger partial charge in [0.25, 0.3) is 0 Å². The number of thiophene rings is 1. The van der Waals surface area contributed by atoms with Gasteiger partial charge < -0.3 is 19.3 Å². The van der Waals surface area contributed by atoms with Gasteiger partial charge in [-0.25, -0.2) is 4.99 Å². The van der Waals surface area contributed by atoms with E-state index in [0.29, 0.717) is 26.1 Å². The Kier molecular flexibility index (Phi) is 5.57. The number of hydrogen-bond donors (Lipinski definition) is 0. The average Bonchev–Trinajstić information content (AvgIpc) is 3.25. The molecule has 32 heavy (non-hydrogen) atoms. The Morgan fingerprint density at radius 2 is 2.03 bits per heavy atom. The fraction of sp³-hybridized carbons (Fsp3) is 0.280. The fourth-order valence-electron chi connectivity index (χ4n) is 4.25. The number of benzene rings is 2. The van der Waals surface area contributed by atoms with E-state index in [9.17, 15) is 4.79 Å². The number of piperazine rings is 1. The molecule has 1 unspecified atom stereocenters. The predicted molar refractivity (Wildman–Crippen MR) is 126 cm³/mol. The lowest BCUT2D eigenvalue weighted by atomic mass is 10.1. The van der Waals surface area contributed by atoms with Crippen LogP contribution in [0.2, 0.25) is 0 Å². The molecule has 3 heterocycles. The topological polar surface area (TPSA) is 54.4 Å². The van der Waals surface area contributed by atoms with Crippen molar-refractivity contribution in [2.45, 2.75) is 19.4 Å². The minimum absolute atomic E-state index is 0.0763. The van der Waals surface area contributed by atoms with Crippen molar-refractivity contribution in [1.29, 1.82) is 0 Å². The summed E-state index contributed by atoms with van der Waals surface area (Å²) in [6, 6.07) is 17.7. The van der Waals surface area contributed by atoms with E-state index in [4.69, 9.17) is 14.5 Å². The number of carbonyl (C=O) groups excluding carboxylic acids is 1. The van der Waals surface area contributed by atoms with Crippen LogP contribution in [0.4, 0.5) is 5.69 Å². The highest BCUT2D eigenvalue weighted by atomic mass is 32.1. The first-order valence-corrected chi connectivity index (χ1v) is 11.6. The zero-order valence-corrected chi connectivity index (χ0v) is 19.0. The maximum atomic E-state index is 12.9. The van der Waals surface area contributed by atoms with Gasteiger partial charge in [-0.3, -0.25) is 4.79 Å². The lowest BCUT2D eigenvalue weighted by Gasteiger charge is -2.41. The van der Waals surface area contributed by atoms with E-state index in [2.05, 4.69) is 11.8 Å². The fourth-order valence-corrected chi connectivity index (χ4v) is 4.95. The van der Waals surface area contributed by atoms with Gasteiger partial charge in [0.15, 0.2) is 5.75 Å². The molecule has 7 heteroatoms. The number of rotatable bonds is 3. The van der Waals surface area contributed by atoms with Crippen LogP contribution in [0.5, 0.6) is 17.2 Å². The van der Waals surface area contributed by atoms with E-state index in [0.717, 1.165) is 39.2 Å². The van der Waals surface area contributed by atoms with Gasteiger partial charge >= 0.3 is 0 Å². The molecule has 5 rings (SSSR count). The third kappa shape index (κ3) is 3.96. The van der Waals surface area contributed by atoms with Crippen LogP contribution < -0.4 is 9.47 Å². The van der Waals surface area contributed by atoms with E-state index in [1.54, 1.807) is 18.4 Å². The number of amides is 1. The number of amidine groups is 1. The van der Waals surface area contributed by atoms with Crippen LogP contribution in [-0.2, 0) is 11.2 Å². The monoisotopic (exact) mass is 447 g/mol. The van der Waals surface area contributed by atoms with Crippen LogP contribution in [0, 0.1) is 0 Å². The summed E-state index contributed by atoms with van der Waals surface area (Å²) >= 11 is 1.63. The quantitative estimate of drug-likeness (QED) is 0.583. The molecule has 6 nitrogen and oxygen atoms in total. The Bertz CT molecular complexity index is 1160. The predicted octanol–water partition coefficient (Wildman–Crippen LogP) is 4.72. The van der Waals surface area contributed by atoms with E-state index in [1.165, 1.54) is 0 Å². The summed E-state index contributed by atoms with van der Waals surface area (Å²) in [5.41, 5.74) is 1.69. The molecule has 2 aliphatic heterocycles. The van der Waals surface area contributed by atoms with Crippen molar-refractivity contribution < 1.29 is 14.3 Å². The second-order valence-electron chi connectivity index (χ2n) is 8.01. The van der Waals surface area contributed by atoms with E-state index >= 15 is 0 Å². The normalized spacial score (nSPS) is 17.6. The summed E-state index contributed by atoms with van der Waals surface area (Å²) in [4.78, 5) is 23.3. The molecular formula is C25H25N3O3S. The molecule has 3 aromatic rings. The minimum atomic E-state index is 0.0763. The summed E-state index contributed by atoms with van der Waals surface area (Å²) in [5.74, 6) is 3.26. The van der Waals surface area contributed by atoms with Crippen LogP contribution in [-0.4, -0.2) is 54.3 Å². The van der Waals surface area contributed by atoms with Crippen molar-refractivity contribution >= 4 is 28.8 Å². The molecule has 0 spiro atoms. The molecule has 2 aromatic carbocycles. The highest BCUT2D eigenvalue weighted by Crippen LogP contribution is 2.39. The lowest BCUT2D eigenvalue weighted by Crippen LogP contribution is -2.55. The van der Waals surface area contributed by atoms with Crippen molar-refractivity contribution in [2.24, 2.45) is 4.99 Å². The molecule has 1 saturated heterocycles. The van der Waals surface area contributed by atoms with Crippen LogP contribution in [0.1, 0.15) is 17.4 Å². The Morgan fingerprint density at radius 3 is 2.81 bits per heavy atom. The molecule has 1 atom stereocenters. The maximum Gasteiger partial charge on any atom is 0.228 e. The van der Waals surface area contributed by atoms with Crippen LogP contribution in [0.15, 0.2) is 65.0 Å². The van der Waals surface area contributed by atoms with E-state index in [1.807, 2.05) is 64.9 Å². The summed E-state index contributed by atoms with van der Waals surface area (Å²) in [7, 11) is 1.66. The number of aliphatic imine (C=N–C) groups is 1. The molecular weight excluding hydrogens is 422 g/mol. The third-order valence-corrected chi connectivity index (χ3v) is 6.77. The SMILES string of the molecule is COc1ccc2c(c1)C(N1CCN(C(=O)Cc3cccs3)C(C)C1)=Nc1ccccc1O2. The molecule has 0 saturated carbocycles. The largest absolute Gasteiger partial charge is 0.497 e. The van der Waals surface area contributed by atoms with E-state index < -0.39 is 0 Å². The molecule has 0 N–H and O–H groups in total. The Balaban J connectivity index is 1.44. The van der Waals surface area contributed by atoms with Crippen LogP contribution in [0.3, 0.4) is 0 Å². The van der Waals surface area contributed by atoms with Gasteiger partial charge in [0.2, 0.25) is 5.91 Å². The summed E-state index contributed by atoms with van der Waals surface area (Å²) in [5, 5.41) is 2.01. The smallest absolute Gasteiger partial charge is 0.228 e. The van der Waals surface area contributed by atoms with Gasteiger partial charge in [-0.05, 0) is 48.7 Å². The van der Waals surface area contributed by atoms with Gasteiger partial charge in [-0.2, -0.15) is 0 Å². The molecule has 0 bridgehead atoms. The summed E-state index contributed by atoms with van der Waals surface area (Å²) in [6.07, 6.45) is 0.463. The number of nitrogens with zero attached hydrogens (tertiary/aromatic N) is 3. The molecule has 1 fully saturated rings. The Labute approximate surface area is 191 Å². The lowest BCUT2D eigenvalue weighted by molar-refractivity contribution is -0.134. The molecule has 1 aromatic heterocycles. The first-order valence-electron chi connectivity index (χ1n) is 10.7. The average molecular weight is 448 g/mol. The summed E-state index contributed by atoms with van der Waals surface area (Å²) in [6.45, 7) is 4.17.